The summed E-state index contributed by atoms with van der Waals surface area (Å²) in [6.45, 7) is 2.86. The Morgan fingerprint density at radius 2 is 1.76 bits per heavy atom. The number of ether oxygens (including phenoxy) is 2. The van der Waals surface area contributed by atoms with Crippen molar-refractivity contribution in [2.45, 2.75) is 122 Å². The number of unbranched alkanes of at least 4 members (excludes halogenated alkanes) is 7. The van der Waals surface area contributed by atoms with E-state index in [0.717, 1.165) is 57.8 Å². The number of allylic oxidation sites excluding steroid dienone is 2. The summed E-state index contributed by atoms with van der Waals surface area (Å²) < 4.78 is 11.7. The van der Waals surface area contributed by atoms with Gasteiger partial charge in [-0.25, -0.2) is 0 Å². The number of rotatable bonds is 17. The second-order valence-electron chi connectivity index (χ2n) is 9.67. The molecule has 2 aliphatic rings. The summed E-state index contributed by atoms with van der Waals surface area (Å²) in [5.41, 5.74) is 0. The Morgan fingerprint density at radius 1 is 1.03 bits per heavy atom. The van der Waals surface area contributed by atoms with Crippen molar-refractivity contribution in [1.82, 2.24) is 0 Å². The molecule has 0 radical (unpaired) electrons. The van der Waals surface area contributed by atoms with Gasteiger partial charge in [0.25, 0.3) is 0 Å². The summed E-state index contributed by atoms with van der Waals surface area (Å²) in [6.07, 6.45) is 16.9. The van der Waals surface area contributed by atoms with Crippen LogP contribution in [0.4, 0.5) is 0 Å². The zero-order valence-electron chi connectivity index (χ0n) is 20.5. The van der Waals surface area contributed by atoms with Crippen molar-refractivity contribution in [3.63, 3.8) is 0 Å². The molecule has 2 rings (SSSR count). The number of carboxylic acid groups (broad SMARTS) is 1. The van der Waals surface area contributed by atoms with Gasteiger partial charge in [-0.2, -0.15) is 0 Å². The Morgan fingerprint density at radius 3 is 2.45 bits per heavy atom. The number of carboxylic acids is 1. The number of hydrogen-bond acceptors (Lipinski definition) is 5. The summed E-state index contributed by atoms with van der Waals surface area (Å²) in [5.74, 6) is -0.588. The smallest absolute Gasteiger partial charge is 0.303 e. The summed E-state index contributed by atoms with van der Waals surface area (Å²) in [6, 6.07) is 0. The second kappa shape index (κ2) is 16.2. The van der Waals surface area contributed by atoms with E-state index in [1.807, 2.05) is 6.08 Å². The Bertz CT molecular complexity index is 622. The van der Waals surface area contributed by atoms with Crippen LogP contribution in [0.25, 0.3) is 0 Å². The summed E-state index contributed by atoms with van der Waals surface area (Å²) in [5, 5.41) is 8.77. The number of hydrogen-bond donors (Lipinski definition) is 1. The Hall–Kier alpha value is -1.53. The van der Waals surface area contributed by atoms with Crippen molar-refractivity contribution in [1.29, 1.82) is 0 Å². The van der Waals surface area contributed by atoms with Crippen molar-refractivity contribution in [3.05, 3.63) is 12.2 Å². The van der Waals surface area contributed by atoms with Crippen LogP contribution in [0.3, 0.4) is 0 Å². The van der Waals surface area contributed by atoms with Crippen LogP contribution in [0.5, 0.6) is 0 Å². The molecule has 188 valence electrons. The first-order valence-electron chi connectivity index (χ1n) is 13.2. The van der Waals surface area contributed by atoms with E-state index in [0.29, 0.717) is 25.9 Å². The molecule has 1 saturated heterocycles. The predicted octanol–water partition coefficient (Wildman–Crippen LogP) is 6.01. The van der Waals surface area contributed by atoms with Crippen LogP contribution in [0, 0.1) is 11.8 Å². The van der Waals surface area contributed by atoms with E-state index >= 15 is 0 Å². The van der Waals surface area contributed by atoms with E-state index in [2.05, 4.69) is 6.92 Å². The van der Waals surface area contributed by atoms with Gasteiger partial charge in [-0.1, -0.05) is 57.9 Å². The lowest BCUT2D eigenvalue weighted by Crippen LogP contribution is -2.31. The topological polar surface area (TPSA) is 89.9 Å². The van der Waals surface area contributed by atoms with Crippen LogP contribution in [-0.2, 0) is 23.9 Å². The fraction of sp³-hybridized carbons (Fsp3) is 0.815. The van der Waals surface area contributed by atoms with Gasteiger partial charge >= 0.3 is 5.97 Å². The highest BCUT2D eigenvalue weighted by Crippen LogP contribution is 2.37. The van der Waals surface area contributed by atoms with Gasteiger partial charge in [0.1, 0.15) is 6.10 Å². The van der Waals surface area contributed by atoms with Gasteiger partial charge in [-0.3, -0.25) is 14.4 Å². The molecule has 0 amide bonds. The molecule has 4 unspecified atom stereocenters. The molecule has 1 aliphatic carbocycles. The lowest BCUT2D eigenvalue weighted by atomic mass is 9.89. The van der Waals surface area contributed by atoms with Gasteiger partial charge in [0.2, 0.25) is 0 Å². The molecule has 0 bridgehead atoms. The zero-order valence-corrected chi connectivity index (χ0v) is 20.5. The lowest BCUT2D eigenvalue weighted by Gasteiger charge is -2.25. The molecular formula is C27H44O6. The van der Waals surface area contributed by atoms with Crippen molar-refractivity contribution in [2.75, 3.05) is 6.61 Å². The standard InChI is InChI=1S/C27H44O6/c1-2-3-4-5-8-13-22(28)18-17-21-20-24(33-26-16-11-12-19-32-26)27(31)23(21)14-9-6-7-10-15-25(29)30/h17-18,21,23-24,26H,2-16,19-20H2,1H3,(H,29,30). The van der Waals surface area contributed by atoms with E-state index in [-0.39, 0.29) is 36.1 Å². The van der Waals surface area contributed by atoms with Crippen molar-refractivity contribution in [2.24, 2.45) is 11.8 Å². The van der Waals surface area contributed by atoms with Gasteiger partial charge < -0.3 is 14.6 Å². The molecule has 0 spiro atoms. The van der Waals surface area contributed by atoms with E-state index < -0.39 is 12.1 Å². The fourth-order valence-electron chi connectivity index (χ4n) is 4.88. The molecule has 33 heavy (non-hydrogen) atoms. The molecule has 1 heterocycles. The predicted molar refractivity (Wildman–Crippen MR) is 128 cm³/mol. The van der Waals surface area contributed by atoms with Crippen LogP contribution < -0.4 is 0 Å². The molecule has 1 aliphatic heterocycles. The molecule has 0 aromatic heterocycles. The normalized spacial score (nSPS) is 25.7. The van der Waals surface area contributed by atoms with E-state index in [1.165, 1.54) is 19.3 Å². The van der Waals surface area contributed by atoms with Gasteiger partial charge in [-0.05, 0) is 56.9 Å². The maximum absolute atomic E-state index is 13.1. The van der Waals surface area contributed by atoms with Gasteiger partial charge in [-0.15, -0.1) is 0 Å². The fourth-order valence-corrected chi connectivity index (χ4v) is 4.88. The number of carbonyl (C=O) groups is 3. The zero-order chi connectivity index (χ0) is 23.9. The monoisotopic (exact) mass is 464 g/mol. The summed E-state index contributed by atoms with van der Waals surface area (Å²) >= 11 is 0. The molecule has 0 aromatic rings. The maximum Gasteiger partial charge on any atom is 0.303 e. The van der Waals surface area contributed by atoms with Crippen LogP contribution >= 0.6 is 0 Å². The minimum absolute atomic E-state index is 0.0224. The molecule has 4 atom stereocenters. The second-order valence-corrected chi connectivity index (χ2v) is 9.67. The largest absolute Gasteiger partial charge is 0.481 e. The minimum Gasteiger partial charge on any atom is -0.481 e. The van der Waals surface area contributed by atoms with Gasteiger partial charge in [0.05, 0.1) is 0 Å². The highest BCUT2D eigenvalue weighted by Gasteiger charge is 2.42. The highest BCUT2D eigenvalue weighted by atomic mass is 16.7. The summed E-state index contributed by atoms with van der Waals surface area (Å²) in [7, 11) is 0. The first-order chi connectivity index (χ1) is 16.0. The number of Topliss-reactive ketones (excluding diaryl/α,β-unsaturated/α-hetero) is 1. The SMILES string of the molecule is CCCCCCCC(=O)C=CC1CC(OC2CCCCO2)C(=O)C1CCCCCCC(=O)O. The third kappa shape index (κ3) is 11.0. The number of carbonyl (C=O) groups excluding carboxylic acids is 2. The van der Waals surface area contributed by atoms with E-state index in [4.69, 9.17) is 14.6 Å². The Kier molecular flexibility index (Phi) is 13.6. The van der Waals surface area contributed by atoms with Crippen molar-refractivity contribution >= 4 is 17.5 Å². The van der Waals surface area contributed by atoms with E-state index in [1.54, 1.807) is 6.08 Å². The molecule has 6 nitrogen and oxygen atoms in total. The van der Waals surface area contributed by atoms with Gasteiger partial charge in [0.15, 0.2) is 17.9 Å². The molecular weight excluding hydrogens is 420 g/mol. The van der Waals surface area contributed by atoms with Crippen molar-refractivity contribution in [3.8, 4) is 0 Å². The average Bonchev–Trinajstić information content (AvgIpc) is 3.09. The third-order valence-electron chi connectivity index (χ3n) is 6.85. The Labute approximate surface area is 199 Å². The molecule has 1 saturated carbocycles. The molecule has 2 fully saturated rings. The highest BCUT2D eigenvalue weighted by molar-refractivity contribution is 5.91. The first-order valence-corrected chi connectivity index (χ1v) is 13.2. The lowest BCUT2D eigenvalue weighted by molar-refractivity contribution is -0.189. The first kappa shape index (κ1) is 27.7. The molecule has 6 heteroatoms. The van der Waals surface area contributed by atoms with Crippen molar-refractivity contribution < 1.29 is 29.0 Å². The minimum atomic E-state index is -0.758. The van der Waals surface area contributed by atoms with Gasteiger partial charge in [0, 0.05) is 25.4 Å². The average molecular weight is 465 g/mol. The molecule has 1 N–H and O–H groups in total. The Balaban J connectivity index is 1.86. The number of ketones is 2. The van der Waals surface area contributed by atoms with Crippen LogP contribution in [0.2, 0.25) is 0 Å². The third-order valence-corrected chi connectivity index (χ3v) is 6.85. The van der Waals surface area contributed by atoms with Crippen LogP contribution in [-0.4, -0.2) is 41.6 Å². The maximum atomic E-state index is 13.1. The van der Waals surface area contributed by atoms with E-state index in [9.17, 15) is 14.4 Å². The number of aliphatic carboxylic acids is 1. The quantitative estimate of drug-likeness (QED) is 0.209. The molecule has 0 aromatic carbocycles. The summed E-state index contributed by atoms with van der Waals surface area (Å²) in [4.78, 5) is 36.1. The van der Waals surface area contributed by atoms with Crippen LogP contribution in [0.15, 0.2) is 12.2 Å². The van der Waals surface area contributed by atoms with Crippen LogP contribution in [0.1, 0.15) is 110 Å².